The third kappa shape index (κ3) is 5.16. The van der Waals surface area contributed by atoms with Crippen molar-refractivity contribution in [2.75, 3.05) is 24.6 Å². The second kappa shape index (κ2) is 11.1. The Morgan fingerprint density at radius 3 is 2.75 bits per heavy atom. The van der Waals surface area contributed by atoms with Gasteiger partial charge in [0, 0.05) is 29.3 Å². The van der Waals surface area contributed by atoms with Gasteiger partial charge in [0.2, 0.25) is 0 Å². The summed E-state index contributed by atoms with van der Waals surface area (Å²) in [7, 11) is -2.83. The van der Waals surface area contributed by atoms with E-state index in [0.717, 1.165) is 82.3 Å². The molecule has 0 saturated heterocycles. The van der Waals surface area contributed by atoms with Crippen LogP contribution >= 0.6 is 0 Å². The lowest BCUT2D eigenvalue weighted by molar-refractivity contribution is 0.00903. The van der Waals surface area contributed by atoms with Crippen molar-refractivity contribution in [3.8, 4) is 5.75 Å². The van der Waals surface area contributed by atoms with Crippen LogP contribution in [0.4, 0.5) is 5.69 Å². The average molecular weight is 565 g/mol. The fourth-order valence-electron chi connectivity index (χ4n) is 7.74. The van der Waals surface area contributed by atoms with Gasteiger partial charge < -0.3 is 14.7 Å². The van der Waals surface area contributed by atoms with Crippen LogP contribution in [0.1, 0.15) is 86.2 Å². The number of nitrogens with one attached hydrogen (secondary N) is 1. The van der Waals surface area contributed by atoms with E-state index >= 15 is 0 Å². The van der Waals surface area contributed by atoms with E-state index in [1.54, 1.807) is 6.07 Å². The number of ether oxygens (including phenoxy) is 1. The highest BCUT2D eigenvalue weighted by atomic mass is 32.2. The van der Waals surface area contributed by atoms with E-state index in [9.17, 15) is 14.1 Å². The Kier molecular flexibility index (Phi) is 7.64. The first-order chi connectivity index (χ1) is 19.3. The van der Waals surface area contributed by atoms with Crippen molar-refractivity contribution in [2.45, 2.75) is 87.9 Å². The molecule has 6 atom stereocenters. The number of hydrogen-bond donors (Lipinski definition) is 2. The number of aryl methyl sites for hydroxylation is 1. The molecule has 4 aliphatic rings. The van der Waals surface area contributed by atoms with Crippen molar-refractivity contribution in [2.24, 2.45) is 11.8 Å². The zero-order valence-electron chi connectivity index (χ0n) is 23.8. The summed E-state index contributed by atoms with van der Waals surface area (Å²) in [5, 5.41) is 11.0. The molecule has 7 heteroatoms. The highest BCUT2D eigenvalue weighted by Crippen LogP contribution is 2.46. The molecule has 40 heavy (non-hydrogen) atoms. The van der Waals surface area contributed by atoms with Gasteiger partial charge in [-0.15, -0.1) is 0 Å². The Bertz CT molecular complexity index is 1360. The number of carbonyl (C=O) groups is 1. The van der Waals surface area contributed by atoms with Crippen LogP contribution in [0.25, 0.3) is 0 Å². The summed E-state index contributed by atoms with van der Waals surface area (Å²) in [5.74, 6) is 5.13. The van der Waals surface area contributed by atoms with Crippen LogP contribution in [0, 0.1) is 11.8 Å². The monoisotopic (exact) mass is 564 g/mol. The Labute approximate surface area is 239 Å². The number of aliphatic hydroxyl groups is 1. The van der Waals surface area contributed by atoms with Crippen LogP contribution in [0.15, 0.2) is 42.5 Å². The highest BCUT2D eigenvalue weighted by molar-refractivity contribution is 7.99. The van der Waals surface area contributed by atoms with Crippen molar-refractivity contribution in [3.63, 3.8) is 0 Å². The van der Waals surface area contributed by atoms with Gasteiger partial charge in [0.05, 0.1) is 28.1 Å². The predicted octanol–water partition coefficient (Wildman–Crippen LogP) is 5.26. The van der Waals surface area contributed by atoms with Gasteiger partial charge in [0.25, 0.3) is 5.91 Å². The summed E-state index contributed by atoms with van der Waals surface area (Å²) in [6.07, 6.45) is 9.08. The van der Waals surface area contributed by atoms with E-state index in [4.69, 9.17) is 4.74 Å². The van der Waals surface area contributed by atoms with Crippen molar-refractivity contribution >= 4 is 27.2 Å². The molecule has 2 heterocycles. The Balaban J connectivity index is 1.40. The molecule has 2 aliphatic carbocycles. The normalized spacial score (nSPS) is 34.5. The molecular weight excluding hydrogens is 520 g/mol. The maximum Gasteiger partial charge on any atom is 0.262 e. The van der Waals surface area contributed by atoms with E-state index in [0.29, 0.717) is 30.4 Å². The molecule has 2 aromatic carbocycles. The number of aliphatic hydroxyl groups excluding tert-OH is 1. The molecule has 1 saturated carbocycles. The molecule has 1 unspecified atom stereocenters. The van der Waals surface area contributed by atoms with Crippen LogP contribution in [-0.2, 0) is 21.5 Å². The molecule has 1 fully saturated rings. The van der Waals surface area contributed by atoms with E-state index in [1.807, 2.05) is 19.1 Å². The van der Waals surface area contributed by atoms with Gasteiger partial charge >= 0.3 is 0 Å². The minimum atomic E-state index is -2.83. The van der Waals surface area contributed by atoms with Crippen LogP contribution in [-0.4, -0.2) is 52.1 Å². The summed E-state index contributed by atoms with van der Waals surface area (Å²) in [6, 6.07) is 14.4. The molecule has 216 valence electrons. The molecule has 2 N–H and O–H groups in total. The fourth-order valence-corrected chi connectivity index (χ4v) is 9.42. The van der Waals surface area contributed by atoms with Gasteiger partial charge in [-0.3, -0.25) is 9.52 Å². The first kappa shape index (κ1) is 27.6. The Morgan fingerprint density at radius 1 is 1.12 bits per heavy atom. The van der Waals surface area contributed by atoms with E-state index in [1.165, 1.54) is 11.1 Å². The lowest BCUT2D eigenvalue weighted by Gasteiger charge is -2.45. The topological polar surface area (TPSA) is 78.9 Å². The second-order valence-corrected chi connectivity index (χ2v) is 15.0. The highest BCUT2D eigenvalue weighted by Gasteiger charge is 2.44. The smallest absolute Gasteiger partial charge is 0.262 e. The molecule has 6 nitrogen and oxygen atoms in total. The number of rotatable bonds is 1. The van der Waals surface area contributed by atoms with Crippen LogP contribution in [0.5, 0.6) is 5.75 Å². The Morgan fingerprint density at radius 2 is 1.95 bits per heavy atom. The molecule has 0 radical (unpaired) electrons. The summed E-state index contributed by atoms with van der Waals surface area (Å²) in [6.45, 7) is 4.24. The first-order valence-corrected chi connectivity index (χ1v) is 17.0. The third-order valence-corrected chi connectivity index (χ3v) is 12.4. The SMILES string of the molecule is C=S1(=O)NC(=O)c2ccc3c(c2)N(C[C@@H]2CC[C@H]2[C@@H](O)CCCC[C@H]1CC)C[C@@]1(CCCc2ccccc21)CO3. The minimum absolute atomic E-state index is 0.134. The molecule has 2 bridgehead atoms. The Hall–Kier alpha value is -2.51. The molecule has 0 aromatic heterocycles. The largest absolute Gasteiger partial charge is 0.490 e. The number of fused-ring (bicyclic) bond motifs is 4. The molecule has 2 aromatic rings. The van der Waals surface area contributed by atoms with Gasteiger partial charge in [-0.05, 0) is 98.4 Å². The third-order valence-electron chi connectivity index (χ3n) is 10.2. The van der Waals surface area contributed by atoms with E-state index < -0.39 is 9.71 Å². The second-order valence-electron chi connectivity index (χ2n) is 12.7. The van der Waals surface area contributed by atoms with Gasteiger partial charge in [0.1, 0.15) is 5.75 Å². The fraction of sp³-hybridized carbons (Fsp3) is 0.576. The number of anilines is 1. The van der Waals surface area contributed by atoms with Crippen molar-refractivity contribution in [3.05, 3.63) is 59.2 Å². The molecule has 1 spiro atoms. The van der Waals surface area contributed by atoms with Gasteiger partial charge in [-0.25, -0.2) is 4.21 Å². The van der Waals surface area contributed by atoms with E-state index in [-0.39, 0.29) is 22.7 Å². The number of hydrogen-bond acceptors (Lipinski definition) is 5. The zero-order valence-corrected chi connectivity index (χ0v) is 24.6. The number of benzene rings is 2. The van der Waals surface area contributed by atoms with Gasteiger partial charge in [-0.2, -0.15) is 0 Å². The lowest BCUT2D eigenvalue weighted by Crippen LogP contribution is -2.49. The quantitative estimate of drug-likeness (QED) is 0.462. The standard InChI is InChI=1S/C33H44N2O4S/c1-3-26-11-5-7-13-30(36)27-16-14-25(27)20-35-21-33(18-8-10-23-9-4-6-12-28(23)33)22-39-31-17-15-24(19-29(31)35)32(37)34-40(26,2)38/h4,6,9,12,15,17,19,25-27,30,36H,2-3,5,7-8,10-11,13-14,16,18,20-22H2,1H3,(H,34,37,38)/t25-,26+,27+,30-,33-,40?/m0/s1. The first-order valence-electron chi connectivity index (χ1n) is 15.3. The predicted molar refractivity (Wildman–Crippen MR) is 163 cm³/mol. The lowest BCUT2D eigenvalue weighted by atomic mass is 9.68. The molecular formula is C33H44N2O4S. The maximum absolute atomic E-state index is 13.6. The van der Waals surface area contributed by atoms with Crippen molar-refractivity contribution in [1.82, 2.24) is 4.72 Å². The molecule has 2 aliphatic heterocycles. The number of amides is 1. The zero-order chi connectivity index (χ0) is 27.9. The summed E-state index contributed by atoms with van der Waals surface area (Å²) >= 11 is 0. The van der Waals surface area contributed by atoms with Crippen LogP contribution < -0.4 is 14.4 Å². The van der Waals surface area contributed by atoms with Crippen LogP contribution in [0.2, 0.25) is 0 Å². The number of carbonyl (C=O) groups excluding carboxylic acids is 1. The van der Waals surface area contributed by atoms with Crippen molar-refractivity contribution < 1.29 is 18.8 Å². The molecule has 1 amide bonds. The number of nitrogens with zero attached hydrogens (tertiary/aromatic N) is 1. The average Bonchev–Trinajstić information content (AvgIpc) is 3.07. The minimum Gasteiger partial charge on any atom is -0.490 e. The maximum atomic E-state index is 13.6. The van der Waals surface area contributed by atoms with Crippen molar-refractivity contribution in [1.29, 1.82) is 0 Å². The summed E-state index contributed by atoms with van der Waals surface area (Å²) < 4.78 is 23.0. The van der Waals surface area contributed by atoms with Gasteiger partial charge in [-0.1, -0.05) is 44.0 Å². The summed E-state index contributed by atoms with van der Waals surface area (Å²) in [5.41, 5.74) is 4.06. The van der Waals surface area contributed by atoms with E-state index in [2.05, 4.69) is 39.8 Å². The molecule has 6 rings (SSSR count). The van der Waals surface area contributed by atoms with Gasteiger partial charge in [0.15, 0.2) is 0 Å². The summed E-state index contributed by atoms with van der Waals surface area (Å²) in [4.78, 5) is 15.9. The van der Waals surface area contributed by atoms with Crippen LogP contribution in [0.3, 0.4) is 0 Å².